The maximum Gasteiger partial charge on any atom is 0.250 e. The summed E-state index contributed by atoms with van der Waals surface area (Å²) >= 11 is 0. The van der Waals surface area contributed by atoms with E-state index in [-0.39, 0.29) is 11.3 Å². The molecule has 0 atom stereocenters. The number of hydrogen-bond donors (Lipinski definition) is 0. The Morgan fingerprint density at radius 1 is 0.952 bits per heavy atom. The van der Waals surface area contributed by atoms with E-state index in [0.29, 0.717) is 6.42 Å². The van der Waals surface area contributed by atoms with E-state index in [0.717, 1.165) is 37.1 Å². The summed E-state index contributed by atoms with van der Waals surface area (Å²) in [5.74, 6) is 0.199. The van der Waals surface area contributed by atoms with Crippen molar-refractivity contribution in [1.29, 1.82) is 0 Å². The predicted octanol–water partition coefficient (Wildman–Crippen LogP) is 4.12. The molecule has 0 aliphatic heterocycles. The van der Waals surface area contributed by atoms with Gasteiger partial charge in [-0.2, -0.15) is 0 Å². The fraction of sp³-hybridized carbons (Fsp3) is 0.667. The number of carbonyl (C=O) groups is 1. The second-order valence-electron chi connectivity index (χ2n) is 6.08. The zero-order valence-corrected chi connectivity index (χ0v) is 13.2. The van der Waals surface area contributed by atoms with Gasteiger partial charge in [-0.25, -0.2) is 0 Å². The number of rotatable bonds is 8. The standard InChI is InChI=1S/C18H27NO2/c1-2-3-4-5-6-7-8-14-19-16-10-9-11-17(20)15(16)12-13-18(19)21/h12-13H,2-11,14H2,1H3. The fourth-order valence-corrected chi connectivity index (χ4v) is 3.17. The number of unbranched alkanes of at least 4 members (excludes halogenated alkanes) is 6. The minimum Gasteiger partial charge on any atom is -0.312 e. The first-order valence-electron chi connectivity index (χ1n) is 8.50. The molecule has 3 heteroatoms. The molecule has 1 aromatic heterocycles. The van der Waals surface area contributed by atoms with E-state index in [2.05, 4.69) is 6.92 Å². The van der Waals surface area contributed by atoms with E-state index >= 15 is 0 Å². The maximum absolute atomic E-state index is 12.1. The van der Waals surface area contributed by atoms with Gasteiger partial charge in [0, 0.05) is 30.3 Å². The molecule has 0 fully saturated rings. The van der Waals surface area contributed by atoms with Gasteiger partial charge in [0.05, 0.1) is 0 Å². The number of nitrogens with zero attached hydrogens (tertiary/aromatic N) is 1. The zero-order chi connectivity index (χ0) is 15.1. The van der Waals surface area contributed by atoms with E-state index in [1.165, 1.54) is 38.5 Å². The van der Waals surface area contributed by atoms with Crippen LogP contribution in [0.15, 0.2) is 16.9 Å². The highest BCUT2D eigenvalue weighted by molar-refractivity contribution is 5.97. The summed E-state index contributed by atoms with van der Waals surface area (Å²) in [6.45, 7) is 3.00. The topological polar surface area (TPSA) is 39.1 Å². The molecular formula is C18H27NO2. The van der Waals surface area contributed by atoms with Gasteiger partial charge in [0.25, 0.3) is 5.56 Å². The number of carbonyl (C=O) groups excluding carboxylic acids is 1. The van der Waals surface area contributed by atoms with Crippen LogP contribution in [-0.2, 0) is 13.0 Å². The van der Waals surface area contributed by atoms with Gasteiger partial charge in [-0.05, 0) is 25.3 Å². The lowest BCUT2D eigenvalue weighted by molar-refractivity contribution is 0.0970. The molecular weight excluding hydrogens is 262 g/mol. The molecule has 1 aliphatic carbocycles. The largest absolute Gasteiger partial charge is 0.312 e. The van der Waals surface area contributed by atoms with Gasteiger partial charge in [-0.15, -0.1) is 0 Å². The van der Waals surface area contributed by atoms with Gasteiger partial charge < -0.3 is 4.57 Å². The molecule has 116 valence electrons. The van der Waals surface area contributed by atoms with Gasteiger partial charge in [0.2, 0.25) is 0 Å². The van der Waals surface area contributed by atoms with Gasteiger partial charge in [0.1, 0.15) is 0 Å². The Kier molecular flexibility index (Phi) is 6.21. The average molecular weight is 289 g/mol. The molecule has 21 heavy (non-hydrogen) atoms. The molecule has 0 N–H and O–H groups in total. The molecule has 1 heterocycles. The summed E-state index contributed by atoms with van der Waals surface area (Å²) in [7, 11) is 0. The Labute approximate surface area is 127 Å². The van der Waals surface area contributed by atoms with E-state index in [9.17, 15) is 9.59 Å². The minimum absolute atomic E-state index is 0.0504. The zero-order valence-electron chi connectivity index (χ0n) is 13.2. The summed E-state index contributed by atoms with van der Waals surface area (Å²) < 4.78 is 1.85. The highest BCUT2D eigenvalue weighted by Crippen LogP contribution is 2.20. The van der Waals surface area contributed by atoms with Crippen LogP contribution >= 0.6 is 0 Å². The van der Waals surface area contributed by atoms with Crippen molar-refractivity contribution in [3.05, 3.63) is 33.7 Å². The Hall–Kier alpha value is -1.38. The minimum atomic E-state index is 0.0504. The van der Waals surface area contributed by atoms with Crippen molar-refractivity contribution in [3.8, 4) is 0 Å². The van der Waals surface area contributed by atoms with Crippen molar-refractivity contribution in [3.63, 3.8) is 0 Å². The van der Waals surface area contributed by atoms with Crippen molar-refractivity contribution in [2.45, 2.75) is 77.7 Å². The normalized spacial score (nSPS) is 14.2. The van der Waals surface area contributed by atoms with Crippen LogP contribution in [0.1, 0.15) is 80.8 Å². The number of ketones is 1. The second-order valence-corrected chi connectivity index (χ2v) is 6.08. The third-order valence-electron chi connectivity index (χ3n) is 4.40. The monoisotopic (exact) mass is 289 g/mol. The molecule has 1 aromatic rings. The van der Waals surface area contributed by atoms with Crippen molar-refractivity contribution >= 4 is 5.78 Å². The molecule has 0 unspecified atom stereocenters. The fourth-order valence-electron chi connectivity index (χ4n) is 3.17. The van der Waals surface area contributed by atoms with Crippen LogP contribution in [0.4, 0.5) is 0 Å². The Bertz CT molecular complexity index is 531. The molecule has 0 amide bonds. The lowest BCUT2D eigenvalue weighted by Crippen LogP contribution is -2.28. The van der Waals surface area contributed by atoms with Crippen molar-refractivity contribution in [2.75, 3.05) is 0 Å². The molecule has 3 nitrogen and oxygen atoms in total. The van der Waals surface area contributed by atoms with E-state index in [1.54, 1.807) is 12.1 Å². The quantitative estimate of drug-likeness (QED) is 0.675. The maximum atomic E-state index is 12.1. The van der Waals surface area contributed by atoms with Crippen LogP contribution in [0.25, 0.3) is 0 Å². The van der Waals surface area contributed by atoms with Gasteiger partial charge in [0.15, 0.2) is 5.78 Å². The number of hydrogen-bond acceptors (Lipinski definition) is 2. The number of aromatic nitrogens is 1. The van der Waals surface area contributed by atoms with Crippen LogP contribution in [0.3, 0.4) is 0 Å². The molecule has 0 radical (unpaired) electrons. The Morgan fingerprint density at radius 2 is 1.67 bits per heavy atom. The third kappa shape index (κ3) is 4.29. The van der Waals surface area contributed by atoms with Crippen LogP contribution < -0.4 is 5.56 Å². The van der Waals surface area contributed by atoms with Crippen LogP contribution in [0, 0.1) is 0 Å². The first-order valence-corrected chi connectivity index (χ1v) is 8.50. The summed E-state index contributed by atoms with van der Waals surface area (Å²) in [5.41, 5.74) is 1.81. The van der Waals surface area contributed by atoms with E-state index < -0.39 is 0 Å². The van der Waals surface area contributed by atoms with E-state index in [1.807, 2.05) is 4.57 Å². The summed E-state index contributed by atoms with van der Waals surface area (Å²) in [4.78, 5) is 24.0. The Morgan fingerprint density at radius 3 is 2.43 bits per heavy atom. The van der Waals surface area contributed by atoms with Gasteiger partial charge >= 0.3 is 0 Å². The first kappa shape index (κ1) is 16.0. The number of Topliss-reactive ketones (excluding diaryl/α,β-unsaturated/α-hetero) is 1. The van der Waals surface area contributed by atoms with Crippen molar-refractivity contribution < 1.29 is 4.79 Å². The molecule has 1 aliphatic rings. The lowest BCUT2D eigenvalue weighted by Gasteiger charge is -2.19. The second kappa shape index (κ2) is 8.16. The third-order valence-corrected chi connectivity index (χ3v) is 4.40. The van der Waals surface area contributed by atoms with Crippen LogP contribution in [0.2, 0.25) is 0 Å². The van der Waals surface area contributed by atoms with Gasteiger partial charge in [-0.3, -0.25) is 9.59 Å². The average Bonchev–Trinajstić information content (AvgIpc) is 2.48. The molecule has 2 rings (SSSR count). The highest BCUT2D eigenvalue weighted by atomic mass is 16.1. The smallest absolute Gasteiger partial charge is 0.250 e. The van der Waals surface area contributed by atoms with Crippen LogP contribution in [-0.4, -0.2) is 10.4 Å². The molecule has 0 saturated carbocycles. The van der Waals surface area contributed by atoms with Gasteiger partial charge in [-0.1, -0.05) is 45.4 Å². The summed E-state index contributed by atoms with van der Waals surface area (Å²) in [6, 6.07) is 3.28. The molecule has 0 bridgehead atoms. The van der Waals surface area contributed by atoms with Crippen molar-refractivity contribution in [1.82, 2.24) is 4.57 Å². The SMILES string of the molecule is CCCCCCCCCn1c2c(ccc1=O)C(=O)CCC2. The number of fused-ring (bicyclic) bond motifs is 1. The number of pyridine rings is 1. The van der Waals surface area contributed by atoms with E-state index in [4.69, 9.17) is 0 Å². The summed E-state index contributed by atoms with van der Waals surface area (Å²) in [6.07, 6.45) is 11.1. The first-order chi connectivity index (χ1) is 10.2. The van der Waals surface area contributed by atoms with Crippen LogP contribution in [0.5, 0.6) is 0 Å². The molecule has 0 aromatic carbocycles. The van der Waals surface area contributed by atoms with Crippen molar-refractivity contribution in [2.24, 2.45) is 0 Å². The highest BCUT2D eigenvalue weighted by Gasteiger charge is 2.20. The predicted molar refractivity (Wildman–Crippen MR) is 86.0 cm³/mol. The molecule has 0 saturated heterocycles. The lowest BCUT2D eigenvalue weighted by atomic mass is 9.94. The summed E-state index contributed by atoms with van der Waals surface area (Å²) in [5, 5.41) is 0. The molecule has 0 spiro atoms. The Balaban J connectivity index is 1.90.